The van der Waals surface area contributed by atoms with E-state index in [1.807, 2.05) is 19.3 Å². The molecular formula is C22H26N6O4. The third kappa shape index (κ3) is 3.69. The van der Waals surface area contributed by atoms with Crippen LogP contribution in [-0.2, 0) is 35.3 Å². The molecule has 168 valence electrons. The van der Waals surface area contributed by atoms with E-state index in [1.165, 1.54) is 4.90 Å². The first kappa shape index (κ1) is 20.8. The summed E-state index contributed by atoms with van der Waals surface area (Å²) in [5, 5.41) is 18.0. The summed E-state index contributed by atoms with van der Waals surface area (Å²) in [6, 6.07) is 4.74. The number of aryl methyl sites for hydroxylation is 1. The molecule has 1 unspecified atom stereocenters. The number of rotatable bonds is 4. The average molecular weight is 438 g/mol. The Bertz CT molecular complexity index is 1090. The van der Waals surface area contributed by atoms with Gasteiger partial charge in [-0.3, -0.25) is 34.3 Å². The van der Waals surface area contributed by atoms with E-state index in [0.29, 0.717) is 49.3 Å². The first-order chi connectivity index (χ1) is 15.3. The highest BCUT2D eigenvalue weighted by molar-refractivity contribution is 6.05. The maximum Gasteiger partial charge on any atom is 0.256 e. The quantitative estimate of drug-likeness (QED) is 0.648. The van der Waals surface area contributed by atoms with Gasteiger partial charge in [0, 0.05) is 39.3 Å². The van der Waals surface area contributed by atoms with E-state index >= 15 is 0 Å². The minimum atomic E-state index is -1.05. The first-order valence-electron chi connectivity index (χ1n) is 10.9. The number of aromatic nitrogens is 3. The van der Waals surface area contributed by atoms with Crippen molar-refractivity contribution in [2.75, 3.05) is 13.1 Å². The second-order valence-electron chi connectivity index (χ2n) is 8.88. The van der Waals surface area contributed by atoms with Gasteiger partial charge in [0.25, 0.3) is 5.91 Å². The zero-order chi connectivity index (χ0) is 22.5. The van der Waals surface area contributed by atoms with Crippen molar-refractivity contribution in [3.8, 4) is 0 Å². The van der Waals surface area contributed by atoms with Gasteiger partial charge in [-0.05, 0) is 37.5 Å². The molecule has 32 heavy (non-hydrogen) atoms. The van der Waals surface area contributed by atoms with Gasteiger partial charge in [-0.1, -0.05) is 0 Å². The van der Waals surface area contributed by atoms with E-state index in [2.05, 4.69) is 20.3 Å². The highest BCUT2D eigenvalue weighted by Crippen LogP contribution is 2.34. The number of amides is 3. The highest BCUT2D eigenvalue weighted by Gasteiger charge is 2.41. The van der Waals surface area contributed by atoms with Gasteiger partial charge in [-0.25, -0.2) is 0 Å². The molecule has 10 nitrogen and oxygen atoms in total. The molecule has 0 saturated carbocycles. The van der Waals surface area contributed by atoms with E-state index in [0.717, 1.165) is 12.2 Å². The predicted octanol–water partition coefficient (Wildman–Crippen LogP) is 0.0597. The van der Waals surface area contributed by atoms with Crippen molar-refractivity contribution in [1.29, 1.82) is 0 Å². The van der Waals surface area contributed by atoms with Gasteiger partial charge in [0.2, 0.25) is 11.8 Å². The molecule has 2 aromatic heterocycles. The van der Waals surface area contributed by atoms with E-state index in [4.69, 9.17) is 0 Å². The number of nitrogens with zero attached hydrogens (tertiary/aromatic N) is 5. The number of piperidine rings is 2. The first-order valence-corrected chi connectivity index (χ1v) is 10.9. The van der Waals surface area contributed by atoms with Crippen LogP contribution in [-0.4, -0.2) is 66.5 Å². The molecular weight excluding hydrogens is 412 g/mol. The van der Waals surface area contributed by atoms with Crippen LogP contribution in [0.15, 0.2) is 24.4 Å². The van der Waals surface area contributed by atoms with Gasteiger partial charge in [-0.2, -0.15) is 5.10 Å². The predicted molar refractivity (Wildman–Crippen MR) is 112 cm³/mol. The number of fused-ring (bicyclic) bond motifs is 1. The number of likely N-dealkylation sites (tertiary alicyclic amines) is 1. The number of nitrogens with one attached hydrogen (secondary N) is 1. The van der Waals surface area contributed by atoms with Crippen LogP contribution in [0.3, 0.4) is 0 Å². The fraction of sp³-hybridized carbons (Fsp3) is 0.500. The standard InChI is InChI=1S/C22H26N6O4/c1-26-9-6-14(25-26)12-27-10-7-22(32,8-11-27)18-4-2-15-16(23-18)13-28(21(15)31)17-3-5-19(29)24-20(17)30/h2,4,6,9,17,32H,3,5,7-8,10-13H2,1H3,(H,24,29,30). The fourth-order valence-electron chi connectivity index (χ4n) is 4.81. The lowest BCUT2D eigenvalue weighted by Crippen LogP contribution is -2.52. The Labute approximate surface area is 185 Å². The topological polar surface area (TPSA) is 121 Å². The Morgan fingerprint density at radius 3 is 2.66 bits per heavy atom. The summed E-state index contributed by atoms with van der Waals surface area (Å²) < 4.78 is 1.78. The van der Waals surface area contributed by atoms with Crippen LogP contribution >= 0.6 is 0 Å². The van der Waals surface area contributed by atoms with Gasteiger partial charge in [0.15, 0.2) is 0 Å². The zero-order valence-electron chi connectivity index (χ0n) is 18.0. The third-order valence-electron chi connectivity index (χ3n) is 6.69. The number of carbonyl (C=O) groups excluding carboxylic acids is 3. The third-order valence-corrected chi connectivity index (χ3v) is 6.69. The minimum absolute atomic E-state index is 0.205. The van der Waals surface area contributed by atoms with Crippen molar-refractivity contribution in [3.63, 3.8) is 0 Å². The molecule has 0 aliphatic carbocycles. The van der Waals surface area contributed by atoms with Crippen LogP contribution < -0.4 is 5.32 Å². The van der Waals surface area contributed by atoms with Crippen LogP contribution in [0, 0.1) is 0 Å². The Morgan fingerprint density at radius 2 is 1.97 bits per heavy atom. The Morgan fingerprint density at radius 1 is 1.19 bits per heavy atom. The molecule has 3 aliphatic rings. The number of pyridine rings is 1. The lowest BCUT2D eigenvalue weighted by atomic mass is 9.87. The average Bonchev–Trinajstić information content (AvgIpc) is 3.32. The van der Waals surface area contributed by atoms with Crippen LogP contribution in [0.5, 0.6) is 0 Å². The number of aliphatic hydroxyl groups is 1. The Kier molecular flexibility index (Phi) is 5.06. The molecule has 5 heterocycles. The van der Waals surface area contributed by atoms with Gasteiger partial charge >= 0.3 is 0 Å². The monoisotopic (exact) mass is 438 g/mol. The molecule has 2 N–H and O–H groups in total. The second kappa shape index (κ2) is 7.79. The Balaban J connectivity index is 1.28. The lowest BCUT2D eigenvalue weighted by Gasteiger charge is -2.37. The molecule has 0 aromatic carbocycles. The second-order valence-corrected chi connectivity index (χ2v) is 8.88. The van der Waals surface area contributed by atoms with E-state index in [1.54, 1.807) is 16.8 Å². The van der Waals surface area contributed by atoms with E-state index in [9.17, 15) is 19.5 Å². The number of hydrogen-bond donors (Lipinski definition) is 2. The van der Waals surface area contributed by atoms with Crippen molar-refractivity contribution in [2.45, 2.75) is 50.4 Å². The molecule has 3 amide bonds. The molecule has 0 spiro atoms. The van der Waals surface area contributed by atoms with Crippen LogP contribution in [0.2, 0.25) is 0 Å². The summed E-state index contributed by atoms with van der Waals surface area (Å²) in [4.78, 5) is 44.9. The largest absolute Gasteiger partial charge is 0.383 e. The van der Waals surface area contributed by atoms with E-state index in [-0.39, 0.29) is 24.8 Å². The highest BCUT2D eigenvalue weighted by atomic mass is 16.3. The van der Waals surface area contributed by atoms with Gasteiger partial charge < -0.3 is 10.0 Å². The van der Waals surface area contributed by atoms with Crippen molar-refractivity contribution in [2.24, 2.45) is 7.05 Å². The van der Waals surface area contributed by atoms with Crippen molar-refractivity contribution in [1.82, 2.24) is 29.9 Å². The SMILES string of the molecule is Cn1ccc(CN2CCC(O)(c3ccc4c(n3)CN(C3CCC(=O)NC3=O)C4=O)CC2)n1. The number of imide groups is 1. The van der Waals surface area contributed by atoms with Crippen molar-refractivity contribution in [3.05, 3.63) is 47.0 Å². The van der Waals surface area contributed by atoms with Gasteiger partial charge in [-0.15, -0.1) is 0 Å². The smallest absolute Gasteiger partial charge is 0.256 e. The molecule has 3 aliphatic heterocycles. The summed E-state index contributed by atoms with van der Waals surface area (Å²) in [5.41, 5.74) is 1.53. The summed E-state index contributed by atoms with van der Waals surface area (Å²) >= 11 is 0. The number of carbonyl (C=O) groups is 3. The van der Waals surface area contributed by atoms with Crippen LogP contribution in [0.1, 0.15) is 53.1 Å². The van der Waals surface area contributed by atoms with Crippen molar-refractivity contribution >= 4 is 17.7 Å². The van der Waals surface area contributed by atoms with Crippen LogP contribution in [0.4, 0.5) is 0 Å². The number of hydrogen-bond acceptors (Lipinski definition) is 7. The molecule has 2 aromatic rings. The molecule has 1 atom stereocenters. The molecule has 0 bridgehead atoms. The maximum absolute atomic E-state index is 12.9. The van der Waals surface area contributed by atoms with Gasteiger partial charge in [0.1, 0.15) is 11.6 Å². The lowest BCUT2D eigenvalue weighted by molar-refractivity contribution is -0.136. The molecule has 2 fully saturated rings. The summed E-state index contributed by atoms with van der Waals surface area (Å²) in [5.74, 6) is -1.01. The Hall–Kier alpha value is -3.11. The van der Waals surface area contributed by atoms with Crippen LogP contribution in [0.25, 0.3) is 0 Å². The molecule has 10 heteroatoms. The summed E-state index contributed by atoms with van der Waals surface area (Å²) in [6.45, 7) is 2.38. The molecule has 2 saturated heterocycles. The summed E-state index contributed by atoms with van der Waals surface area (Å²) in [6.07, 6.45) is 3.52. The van der Waals surface area contributed by atoms with Crippen molar-refractivity contribution < 1.29 is 19.5 Å². The minimum Gasteiger partial charge on any atom is -0.383 e. The summed E-state index contributed by atoms with van der Waals surface area (Å²) in [7, 11) is 1.89. The van der Waals surface area contributed by atoms with E-state index < -0.39 is 17.6 Å². The van der Waals surface area contributed by atoms with Gasteiger partial charge in [0.05, 0.1) is 29.2 Å². The maximum atomic E-state index is 12.9. The zero-order valence-corrected chi connectivity index (χ0v) is 18.0. The molecule has 5 rings (SSSR count). The normalized spacial score (nSPS) is 23.4. The fourth-order valence-corrected chi connectivity index (χ4v) is 4.81. The molecule has 0 radical (unpaired) electrons.